The van der Waals surface area contributed by atoms with Crippen LogP contribution in [0.5, 0.6) is 0 Å². The van der Waals surface area contributed by atoms with E-state index in [1.54, 1.807) is 24.1 Å². The van der Waals surface area contributed by atoms with Crippen LogP contribution in [-0.4, -0.2) is 25.1 Å². The number of para-hydroxylation sites is 1. The Morgan fingerprint density at radius 3 is 2.63 bits per heavy atom. The molecule has 0 amide bonds. The molecule has 102 valence electrons. The van der Waals surface area contributed by atoms with Crippen LogP contribution in [0.15, 0.2) is 18.2 Å². The van der Waals surface area contributed by atoms with Gasteiger partial charge in [0.1, 0.15) is 17.3 Å². The van der Waals surface area contributed by atoms with Gasteiger partial charge < -0.3 is 10.6 Å². The summed E-state index contributed by atoms with van der Waals surface area (Å²) in [6, 6.07) is 6.59. The molecular weight excluding hydrogens is 244 g/mol. The standard InChI is InChI=1S/C13H18N4O2/c1-13(2,8-15)9-16(3)11-6-4-5-10(7-14)12(11)17(18)19/h4-6H,8-9,15H2,1-3H3. The van der Waals surface area contributed by atoms with Crippen LogP contribution < -0.4 is 10.6 Å². The van der Waals surface area contributed by atoms with Crippen LogP contribution in [-0.2, 0) is 0 Å². The van der Waals surface area contributed by atoms with Gasteiger partial charge in [-0.15, -0.1) is 0 Å². The fraction of sp³-hybridized carbons (Fsp3) is 0.462. The molecule has 0 atom stereocenters. The van der Waals surface area contributed by atoms with Crippen LogP contribution in [0.3, 0.4) is 0 Å². The molecule has 2 N–H and O–H groups in total. The average molecular weight is 262 g/mol. The smallest absolute Gasteiger partial charge is 0.310 e. The fourth-order valence-electron chi connectivity index (χ4n) is 1.91. The fourth-order valence-corrected chi connectivity index (χ4v) is 1.91. The van der Waals surface area contributed by atoms with E-state index >= 15 is 0 Å². The monoisotopic (exact) mass is 262 g/mol. The van der Waals surface area contributed by atoms with E-state index in [0.717, 1.165) is 0 Å². The number of nitrogens with two attached hydrogens (primary N) is 1. The number of benzene rings is 1. The molecule has 0 heterocycles. The number of anilines is 1. The summed E-state index contributed by atoms with van der Waals surface area (Å²) in [7, 11) is 1.76. The second-order valence-corrected chi connectivity index (χ2v) is 5.27. The maximum Gasteiger partial charge on any atom is 0.310 e. The molecule has 1 aromatic carbocycles. The molecule has 6 heteroatoms. The van der Waals surface area contributed by atoms with Crippen molar-refractivity contribution in [3.8, 4) is 6.07 Å². The number of rotatable bonds is 5. The van der Waals surface area contributed by atoms with Gasteiger partial charge in [-0.25, -0.2) is 0 Å². The van der Waals surface area contributed by atoms with Crippen molar-refractivity contribution < 1.29 is 4.92 Å². The molecule has 6 nitrogen and oxygen atoms in total. The highest BCUT2D eigenvalue weighted by atomic mass is 16.6. The first-order chi connectivity index (χ1) is 8.82. The third-order valence-corrected chi connectivity index (χ3v) is 2.95. The number of nitro groups is 1. The van der Waals surface area contributed by atoms with Crippen molar-refractivity contribution in [2.24, 2.45) is 11.1 Å². The lowest BCUT2D eigenvalue weighted by Gasteiger charge is -2.30. The molecule has 0 spiro atoms. The predicted octanol–water partition coefficient (Wildman–Crippen LogP) is 1.89. The van der Waals surface area contributed by atoms with E-state index in [0.29, 0.717) is 18.8 Å². The summed E-state index contributed by atoms with van der Waals surface area (Å²) < 4.78 is 0. The summed E-state index contributed by atoms with van der Waals surface area (Å²) in [5.41, 5.74) is 5.86. The molecule has 1 aromatic rings. The number of nitriles is 1. The van der Waals surface area contributed by atoms with Gasteiger partial charge in [0.25, 0.3) is 0 Å². The molecule has 0 aromatic heterocycles. The van der Waals surface area contributed by atoms with Crippen molar-refractivity contribution >= 4 is 11.4 Å². The van der Waals surface area contributed by atoms with Crippen molar-refractivity contribution in [1.82, 2.24) is 0 Å². The molecular formula is C13H18N4O2. The highest BCUT2D eigenvalue weighted by Crippen LogP contribution is 2.32. The highest BCUT2D eigenvalue weighted by Gasteiger charge is 2.25. The highest BCUT2D eigenvalue weighted by molar-refractivity contribution is 5.69. The van der Waals surface area contributed by atoms with E-state index in [1.165, 1.54) is 6.07 Å². The lowest BCUT2D eigenvalue weighted by molar-refractivity contribution is -0.384. The molecule has 0 radical (unpaired) electrons. The Bertz CT molecular complexity index is 520. The third kappa shape index (κ3) is 3.42. The Morgan fingerprint density at radius 1 is 1.53 bits per heavy atom. The Hall–Kier alpha value is -2.13. The molecule has 0 aliphatic carbocycles. The normalized spacial score (nSPS) is 10.9. The number of nitro benzene ring substituents is 1. The van der Waals surface area contributed by atoms with Gasteiger partial charge in [-0.1, -0.05) is 19.9 Å². The van der Waals surface area contributed by atoms with Crippen LogP contribution in [0.4, 0.5) is 11.4 Å². The molecule has 0 aliphatic rings. The molecule has 1 rings (SSSR count). The summed E-state index contributed by atoms with van der Waals surface area (Å²) in [6.07, 6.45) is 0. The minimum atomic E-state index is -0.514. The van der Waals surface area contributed by atoms with Crippen molar-refractivity contribution in [3.63, 3.8) is 0 Å². The van der Waals surface area contributed by atoms with Crippen LogP contribution >= 0.6 is 0 Å². The van der Waals surface area contributed by atoms with Gasteiger partial charge in [-0.2, -0.15) is 5.26 Å². The zero-order valence-corrected chi connectivity index (χ0v) is 11.4. The lowest BCUT2D eigenvalue weighted by Crippen LogP contribution is -2.37. The van der Waals surface area contributed by atoms with Crippen LogP contribution in [0, 0.1) is 26.9 Å². The van der Waals surface area contributed by atoms with E-state index in [2.05, 4.69) is 0 Å². The first-order valence-electron chi connectivity index (χ1n) is 5.91. The largest absolute Gasteiger partial charge is 0.368 e. The molecule has 0 saturated carbocycles. The summed E-state index contributed by atoms with van der Waals surface area (Å²) in [5.74, 6) is 0. The van der Waals surface area contributed by atoms with Gasteiger partial charge in [0.15, 0.2) is 0 Å². The minimum absolute atomic E-state index is 0.0694. The topological polar surface area (TPSA) is 96.2 Å². The van der Waals surface area contributed by atoms with Gasteiger partial charge in [0.05, 0.1) is 4.92 Å². The average Bonchev–Trinajstić information content (AvgIpc) is 2.37. The SMILES string of the molecule is CN(CC(C)(C)CN)c1cccc(C#N)c1[N+](=O)[O-]. The predicted molar refractivity (Wildman–Crippen MR) is 73.9 cm³/mol. The van der Waals surface area contributed by atoms with Gasteiger partial charge in [-0.3, -0.25) is 10.1 Å². The zero-order valence-electron chi connectivity index (χ0n) is 11.4. The Morgan fingerprint density at radius 2 is 2.16 bits per heavy atom. The molecule has 0 saturated heterocycles. The van der Waals surface area contributed by atoms with Gasteiger partial charge in [-0.05, 0) is 24.1 Å². The number of nitrogens with zero attached hydrogens (tertiary/aromatic N) is 3. The Balaban J connectivity index is 3.21. The molecule has 0 fully saturated rings. The molecule has 0 bridgehead atoms. The summed E-state index contributed by atoms with van der Waals surface area (Å²) >= 11 is 0. The van der Waals surface area contributed by atoms with Crippen molar-refractivity contribution in [2.45, 2.75) is 13.8 Å². The zero-order chi connectivity index (χ0) is 14.6. The first kappa shape index (κ1) is 14.9. The molecule has 0 unspecified atom stereocenters. The Labute approximate surface area is 112 Å². The van der Waals surface area contributed by atoms with Crippen molar-refractivity contribution in [2.75, 3.05) is 25.0 Å². The van der Waals surface area contributed by atoms with Gasteiger partial charge in [0, 0.05) is 13.6 Å². The third-order valence-electron chi connectivity index (χ3n) is 2.95. The number of hydrogen-bond acceptors (Lipinski definition) is 5. The van der Waals surface area contributed by atoms with Gasteiger partial charge in [0.2, 0.25) is 0 Å². The minimum Gasteiger partial charge on any atom is -0.368 e. The van der Waals surface area contributed by atoms with Gasteiger partial charge >= 0.3 is 5.69 Å². The van der Waals surface area contributed by atoms with Crippen LogP contribution in [0.2, 0.25) is 0 Å². The van der Waals surface area contributed by atoms with E-state index in [1.807, 2.05) is 19.9 Å². The summed E-state index contributed by atoms with van der Waals surface area (Å²) in [5, 5.41) is 20.1. The van der Waals surface area contributed by atoms with Crippen LogP contribution in [0.25, 0.3) is 0 Å². The van der Waals surface area contributed by atoms with E-state index in [-0.39, 0.29) is 16.7 Å². The summed E-state index contributed by atoms with van der Waals surface area (Å²) in [6.45, 7) is 5.02. The molecule has 19 heavy (non-hydrogen) atoms. The first-order valence-corrected chi connectivity index (χ1v) is 5.91. The second-order valence-electron chi connectivity index (χ2n) is 5.27. The quantitative estimate of drug-likeness (QED) is 0.645. The van der Waals surface area contributed by atoms with E-state index in [9.17, 15) is 10.1 Å². The lowest BCUT2D eigenvalue weighted by atomic mass is 9.93. The summed E-state index contributed by atoms with van der Waals surface area (Å²) in [4.78, 5) is 12.4. The maximum atomic E-state index is 11.1. The molecule has 0 aliphatic heterocycles. The maximum absolute atomic E-state index is 11.1. The second kappa shape index (κ2) is 5.67. The van der Waals surface area contributed by atoms with Crippen molar-refractivity contribution in [3.05, 3.63) is 33.9 Å². The van der Waals surface area contributed by atoms with E-state index in [4.69, 9.17) is 11.0 Å². The van der Waals surface area contributed by atoms with E-state index < -0.39 is 4.92 Å². The Kier molecular flexibility index (Phi) is 4.46. The van der Waals surface area contributed by atoms with Crippen LogP contribution in [0.1, 0.15) is 19.4 Å². The number of hydrogen-bond donors (Lipinski definition) is 1. The van der Waals surface area contributed by atoms with Crippen molar-refractivity contribution in [1.29, 1.82) is 5.26 Å².